The Kier molecular flexibility index (Phi) is 5.77. The maximum absolute atomic E-state index is 13.9. The van der Waals surface area contributed by atoms with Gasteiger partial charge in [-0.1, -0.05) is 18.2 Å². The molecule has 0 unspecified atom stereocenters. The molecule has 2 aromatic heterocycles. The van der Waals surface area contributed by atoms with Gasteiger partial charge in [-0.2, -0.15) is 0 Å². The van der Waals surface area contributed by atoms with Gasteiger partial charge in [-0.05, 0) is 49.4 Å². The Morgan fingerprint density at radius 2 is 2.00 bits per heavy atom. The lowest BCUT2D eigenvalue weighted by Gasteiger charge is -2.29. The van der Waals surface area contributed by atoms with E-state index in [2.05, 4.69) is 10.3 Å². The largest absolute Gasteiger partial charge is 0.482 e. The van der Waals surface area contributed by atoms with Crippen LogP contribution in [0.25, 0.3) is 22.0 Å². The number of nitrogens with zero attached hydrogens (tertiary/aromatic N) is 3. The Balaban J connectivity index is 1.44. The Bertz CT molecular complexity index is 1390. The third kappa shape index (κ3) is 4.25. The number of rotatable bonds is 5. The average Bonchev–Trinajstić information content (AvgIpc) is 3.24. The Hall–Kier alpha value is -4.11. The molecule has 1 N–H and O–H groups in total. The highest BCUT2D eigenvalue weighted by Crippen LogP contribution is 2.39. The second-order valence-corrected chi connectivity index (χ2v) is 8.82. The van der Waals surface area contributed by atoms with Gasteiger partial charge in [0.2, 0.25) is 5.91 Å². The molecule has 0 aliphatic carbocycles. The summed E-state index contributed by atoms with van der Waals surface area (Å²) in [5.74, 6) is -0.939. The third-order valence-corrected chi connectivity index (χ3v) is 6.30. The Morgan fingerprint density at radius 1 is 1.18 bits per heavy atom. The summed E-state index contributed by atoms with van der Waals surface area (Å²) in [5.41, 5.74) is 2.85. The van der Waals surface area contributed by atoms with Crippen LogP contribution in [0.2, 0.25) is 0 Å². The molecule has 0 spiro atoms. The smallest absolute Gasteiger partial charge is 0.265 e. The highest BCUT2D eigenvalue weighted by atomic mass is 32.1. The number of benzene rings is 2. The lowest BCUT2D eigenvalue weighted by Crippen LogP contribution is -2.43. The maximum Gasteiger partial charge on any atom is 0.265 e. The van der Waals surface area contributed by atoms with Crippen molar-refractivity contribution in [1.82, 2.24) is 9.97 Å². The topological polar surface area (TPSA) is 84.4 Å². The summed E-state index contributed by atoms with van der Waals surface area (Å²) in [6.07, 6.45) is 1.72. The Labute approximate surface area is 198 Å². The number of hydrogen-bond donors (Lipinski definition) is 1. The lowest BCUT2D eigenvalue weighted by molar-refractivity contribution is -0.123. The maximum atomic E-state index is 13.9. The van der Waals surface area contributed by atoms with E-state index in [1.807, 2.05) is 31.2 Å². The number of carbonyl (C=O) groups is 2. The number of nitrogens with one attached hydrogen (secondary N) is 1. The highest BCUT2D eigenvalue weighted by Gasteiger charge is 2.28. The van der Waals surface area contributed by atoms with E-state index in [1.165, 1.54) is 34.4 Å². The number of amides is 2. The van der Waals surface area contributed by atoms with Crippen LogP contribution in [0.3, 0.4) is 0 Å². The van der Waals surface area contributed by atoms with Crippen LogP contribution in [-0.2, 0) is 9.59 Å². The number of hydrogen-bond acceptors (Lipinski definition) is 6. The molecule has 0 bridgehead atoms. The molecule has 3 heterocycles. The minimum absolute atomic E-state index is 0.0577. The first-order valence-electron chi connectivity index (χ1n) is 10.5. The number of pyridine rings is 1. The molecule has 4 aromatic rings. The van der Waals surface area contributed by atoms with Crippen molar-refractivity contribution < 1.29 is 18.7 Å². The molecule has 2 amide bonds. The summed E-state index contributed by atoms with van der Waals surface area (Å²) >= 11 is 1.53. The molecule has 0 saturated heterocycles. The molecule has 170 valence electrons. The van der Waals surface area contributed by atoms with Crippen molar-refractivity contribution in [3.8, 4) is 27.7 Å². The average molecular weight is 475 g/mol. The van der Waals surface area contributed by atoms with Crippen molar-refractivity contribution in [2.45, 2.75) is 6.92 Å². The van der Waals surface area contributed by atoms with Gasteiger partial charge < -0.3 is 10.1 Å². The first kappa shape index (κ1) is 21.7. The second kappa shape index (κ2) is 9.03. The van der Waals surface area contributed by atoms with Gasteiger partial charge in [0, 0.05) is 16.6 Å². The summed E-state index contributed by atoms with van der Waals surface area (Å²) in [4.78, 5) is 36.7. The predicted molar refractivity (Wildman–Crippen MR) is 128 cm³/mol. The molecule has 0 radical (unpaired) electrons. The van der Waals surface area contributed by atoms with Gasteiger partial charge in [-0.3, -0.25) is 19.5 Å². The van der Waals surface area contributed by atoms with Crippen molar-refractivity contribution in [2.75, 3.05) is 23.4 Å². The van der Waals surface area contributed by atoms with Crippen LogP contribution in [0.4, 0.5) is 15.8 Å². The zero-order valence-corrected chi connectivity index (χ0v) is 18.9. The summed E-state index contributed by atoms with van der Waals surface area (Å²) in [5, 5.41) is 3.31. The van der Waals surface area contributed by atoms with E-state index in [0.717, 1.165) is 26.8 Å². The summed E-state index contributed by atoms with van der Waals surface area (Å²) < 4.78 is 19.5. The van der Waals surface area contributed by atoms with Gasteiger partial charge in [0.05, 0.1) is 22.8 Å². The number of fused-ring (bicyclic) bond motifs is 1. The standard InChI is InChI=1S/C25H19FN4O3S/c1-15-24(29-25(34-15)19-8-4-5-11-27-19)16-9-10-21-20(12-16)30(23(32)14-33-21)13-22(31)28-18-7-3-2-6-17(18)26/h2-12H,13-14H2,1H3,(H,28,31). The molecule has 0 fully saturated rings. The number of para-hydroxylation sites is 1. The molecule has 0 saturated carbocycles. The monoisotopic (exact) mass is 474 g/mol. The quantitative estimate of drug-likeness (QED) is 0.454. The zero-order chi connectivity index (χ0) is 23.7. The molecule has 9 heteroatoms. The van der Waals surface area contributed by atoms with E-state index < -0.39 is 11.7 Å². The molecule has 7 nitrogen and oxygen atoms in total. The van der Waals surface area contributed by atoms with Crippen molar-refractivity contribution in [1.29, 1.82) is 0 Å². The van der Waals surface area contributed by atoms with Crippen LogP contribution in [0.5, 0.6) is 5.75 Å². The van der Waals surface area contributed by atoms with Gasteiger partial charge in [-0.25, -0.2) is 9.37 Å². The summed E-state index contributed by atoms with van der Waals surface area (Å²) in [7, 11) is 0. The third-order valence-electron chi connectivity index (χ3n) is 5.31. The van der Waals surface area contributed by atoms with Crippen molar-refractivity contribution >= 4 is 34.5 Å². The molecule has 2 aromatic carbocycles. The molecule has 0 atom stereocenters. The van der Waals surface area contributed by atoms with Crippen LogP contribution in [0.15, 0.2) is 66.9 Å². The van der Waals surface area contributed by atoms with E-state index in [9.17, 15) is 14.0 Å². The first-order chi connectivity index (χ1) is 16.5. The van der Waals surface area contributed by atoms with Gasteiger partial charge in [0.1, 0.15) is 23.1 Å². The number of carbonyl (C=O) groups excluding carboxylic acids is 2. The number of thiazole rings is 1. The van der Waals surface area contributed by atoms with Crippen molar-refractivity contribution in [3.63, 3.8) is 0 Å². The van der Waals surface area contributed by atoms with Crippen LogP contribution < -0.4 is 15.0 Å². The molecular weight excluding hydrogens is 455 g/mol. The number of aromatic nitrogens is 2. The van der Waals surface area contributed by atoms with E-state index in [1.54, 1.807) is 24.4 Å². The van der Waals surface area contributed by atoms with Crippen LogP contribution >= 0.6 is 11.3 Å². The minimum Gasteiger partial charge on any atom is -0.482 e. The number of aryl methyl sites for hydroxylation is 1. The zero-order valence-electron chi connectivity index (χ0n) is 18.1. The number of halogens is 1. The molecular formula is C25H19FN4O3S. The fraction of sp³-hybridized carbons (Fsp3) is 0.120. The highest BCUT2D eigenvalue weighted by molar-refractivity contribution is 7.15. The van der Waals surface area contributed by atoms with Gasteiger partial charge in [0.25, 0.3) is 5.91 Å². The van der Waals surface area contributed by atoms with Gasteiger partial charge in [0.15, 0.2) is 6.61 Å². The number of ether oxygens (including phenoxy) is 1. The molecule has 1 aliphatic heterocycles. The van der Waals surface area contributed by atoms with Crippen molar-refractivity contribution in [3.05, 3.63) is 77.6 Å². The normalized spacial score (nSPS) is 12.8. The fourth-order valence-electron chi connectivity index (χ4n) is 3.68. The van der Waals surface area contributed by atoms with E-state index in [0.29, 0.717) is 11.4 Å². The second-order valence-electron chi connectivity index (χ2n) is 7.62. The number of anilines is 2. The summed E-state index contributed by atoms with van der Waals surface area (Å²) in [6.45, 7) is 1.52. The Morgan fingerprint density at radius 3 is 2.79 bits per heavy atom. The molecule has 5 rings (SSSR count). The predicted octanol–water partition coefficient (Wildman–Crippen LogP) is 4.68. The van der Waals surface area contributed by atoms with Crippen LogP contribution in [0.1, 0.15) is 4.88 Å². The van der Waals surface area contributed by atoms with E-state index in [-0.39, 0.29) is 24.7 Å². The fourth-order valence-corrected chi connectivity index (χ4v) is 4.59. The molecule has 1 aliphatic rings. The minimum atomic E-state index is -0.547. The summed E-state index contributed by atoms with van der Waals surface area (Å²) in [6, 6.07) is 17.0. The van der Waals surface area contributed by atoms with Gasteiger partial charge >= 0.3 is 0 Å². The van der Waals surface area contributed by atoms with E-state index >= 15 is 0 Å². The van der Waals surface area contributed by atoms with Crippen LogP contribution in [0, 0.1) is 12.7 Å². The van der Waals surface area contributed by atoms with Crippen LogP contribution in [-0.4, -0.2) is 34.9 Å². The lowest BCUT2D eigenvalue weighted by atomic mass is 10.1. The van der Waals surface area contributed by atoms with Gasteiger partial charge in [-0.15, -0.1) is 11.3 Å². The SMILES string of the molecule is Cc1sc(-c2ccccn2)nc1-c1ccc2c(c1)N(CC(=O)Nc1ccccc1F)C(=O)CO2. The van der Waals surface area contributed by atoms with E-state index in [4.69, 9.17) is 9.72 Å². The van der Waals surface area contributed by atoms with Crippen molar-refractivity contribution in [2.24, 2.45) is 0 Å². The first-order valence-corrected chi connectivity index (χ1v) is 11.3. The molecule has 34 heavy (non-hydrogen) atoms.